The van der Waals surface area contributed by atoms with Crippen molar-refractivity contribution in [3.05, 3.63) is 21.1 Å². The number of hydrogen-bond donors (Lipinski definition) is 1. The van der Waals surface area contributed by atoms with Crippen LogP contribution in [-0.4, -0.2) is 8.32 Å². The van der Waals surface area contributed by atoms with Crippen molar-refractivity contribution in [3.63, 3.8) is 0 Å². The Kier molecular flexibility index (Phi) is 4.37. The standard InChI is InChI=1S/C12H19Br2NOSi/c1-12(2,3)17(4,5)16-11-9(14)6-8(13)7-10(11)15/h6-7H,15H2,1-5H3. The summed E-state index contributed by atoms with van der Waals surface area (Å²) in [6.07, 6.45) is 0. The van der Waals surface area contributed by atoms with E-state index >= 15 is 0 Å². The van der Waals surface area contributed by atoms with Gasteiger partial charge < -0.3 is 10.2 Å². The average molecular weight is 381 g/mol. The van der Waals surface area contributed by atoms with E-state index in [1.807, 2.05) is 12.1 Å². The maximum atomic E-state index is 6.23. The SMILES string of the molecule is CC(C)(C)[Si](C)(C)Oc1c(N)cc(Br)cc1Br. The molecule has 1 aromatic carbocycles. The van der Waals surface area contributed by atoms with Crippen molar-refractivity contribution in [3.8, 4) is 5.75 Å². The lowest BCUT2D eigenvalue weighted by molar-refractivity contribution is 0.491. The van der Waals surface area contributed by atoms with Crippen LogP contribution in [0.3, 0.4) is 0 Å². The molecule has 0 unspecified atom stereocenters. The summed E-state index contributed by atoms with van der Waals surface area (Å²) in [4.78, 5) is 0. The zero-order valence-corrected chi connectivity index (χ0v) is 15.1. The molecule has 0 aliphatic rings. The Morgan fingerprint density at radius 2 is 1.71 bits per heavy atom. The maximum absolute atomic E-state index is 6.23. The van der Waals surface area contributed by atoms with Gasteiger partial charge in [-0.1, -0.05) is 36.7 Å². The van der Waals surface area contributed by atoms with Crippen molar-refractivity contribution in [1.82, 2.24) is 0 Å². The third kappa shape index (κ3) is 3.48. The molecule has 2 nitrogen and oxygen atoms in total. The van der Waals surface area contributed by atoms with E-state index in [-0.39, 0.29) is 5.04 Å². The Bertz CT molecular complexity index is 404. The molecule has 96 valence electrons. The molecule has 2 N–H and O–H groups in total. The minimum absolute atomic E-state index is 0.159. The van der Waals surface area contributed by atoms with Crippen LogP contribution in [0.4, 0.5) is 5.69 Å². The predicted molar refractivity (Wildman–Crippen MR) is 84.1 cm³/mol. The molecule has 0 spiro atoms. The molecule has 0 saturated heterocycles. The molecule has 0 aliphatic heterocycles. The van der Waals surface area contributed by atoms with Gasteiger partial charge in [0.15, 0.2) is 0 Å². The highest BCUT2D eigenvalue weighted by atomic mass is 79.9. The van der Waals surface area contributed by atoms with Crippen molar-refractivity contribution >= 4 is 45.9 Å². The van der Waals surface area contributed by atoms with Crippen LogP contribution in [0.1, 0.15) is 20.8 Å². The first-order valence-corrected chi connectivity index (χ1v) is 9.97. The molecule has 0 fully saturated rings. The number of halogens is 2. The molecule has 0 radical (unpaired) electrons. The van der Waals surface area contributed by atoms with Gasteiger partial charge in [0, 0.05) is 4.47 Å². The van der Waals surface area contributed by atoms with Crippen LogP contribution >= 0.6 is 31.9 Å². The molecule has 0 amide bonds. The van der Waals surface area contributed by atoms with Gasteiger partial charge in [-0.25, -0.2) is 0 Å². The predicted octanol–water partition coefficient (Wildman–Crippen LogP) is 5.18. The van der Waals surface area contributed by atoms with Crippen molar-refractivity contribution in [1.29, 1.82) is 0 Å². The Hall–Kier alpha value is -0.00312. The van der Waals surface area contributed by atoms with Crippen molar-refractivity contribution in [2.45, 2.75) is 38.9 Å². The first kappa shape index (κ1) is 15.1. The summed E-state index contributed by atoms with van der Waals surface area (Å²) in [5.41, 5.74) is 6.67. The van der Waals surface area contributed by atoms with Gasteiger partial charge in [0.1, 0.15) is 5.75 Å². The van der Waals surface area contributed by atoms with Gasteiger partial charge in [0.2, 0.25) is 0 Å². The molecule has 0 aliphatic carbocycles. The summed E-state index contributed by atoms with van der Waals surface area (Å²) >= 11 is 6.92. The molecular weight excluding hydrogens is 362 g/mol. The minimum atomic E-state index is -1.85. The highest BCUT2D eigenvalue weighted by Gasteiger charge is 2.39. The molecule has 0 heterocycles. The minimum Gasteiger partial charge on any atom is -0.541 e. The first-order chi connectivity index (χ1) is 7.54. The van der Waals surface area contributed by atoms with E-state index in [9.17, 15) is 0 Å². The zero-order chi connectivity index (χ0) is 13.4. The number of nitrogens with two attached hydrogens (primary N) is 1. The van der Waals surface area contributed by atoms with Crippen molar-refractivity contribution < 1.29 is 4.43 Å². The van der Waals surface area contributed by atoms with E-state index in [4.69, 9.17) is 10.2 Å². The summed E-state index contributed by atoms with van der Waals surface area (Å²) in [6.45, 7) is 11.0. The second-order valence-corrected chi connectivity index (χ2v) is 12.2. The summed E-state index contributed by atoms with van der Waals surface area (Å²) in [5.74, 6) is 0.764. The lowest BCUT2D eigenvalue weighted by Crippen LogP contribution is -2.44. The fourth-order valence-corrected chi connectivity index (χ4v) is 3.63. The van der Waals surface area contributed by atoms with Gasteiger partial charge in [0.25, 0.3) is 8.32 Å². The van der Waals surface area contributed by atoms with Crippen LogP contribution in [0.5, 0.6) is 5.75 Å². The lowest BCUT2D eigenvalue weighted by Gasteiger charge is -2.37. The molecule has 17 heavy (non-hydrogen) atoms. The fraction of sp³-hybridized carbons (Fsp3) is 0.500. The van der Waals surface area contributed by atoms with E-state index in [2.05, 4.69) is 65.7 Å². The number of anilines is 1. The molecule has 0 bridgehead atoms. The first-order valence-electron chi connectivity index (χ1n) is 5.48. The van der Waals surface area contributed by atoms with Gasteiger partial charge >= 0.3 is 0 Å². The van der Waals surface area contributed by atoms with E-state index in [0.717, 1.165) is 14.7 Å². The van der Waals surface area contributed by atoms with Gasteiger partial charge in [-0.05, 0) is 46.2 Å². The number of rotatable bonds is 2. The third-order valence-corrected chi connectivity index (χ3v) is 8.57. The second-order valence-electron chi connectivity index (χ2n) is 5.67. The Labute approximate surface area is 121 Å². The number of benzene rings is 1. The highest BCUT2D eigenvalue weighted by molar-refractivity contribution is 9.11. The Morgan fingerprint density at radius 1 is 1.18 bits per heavy atom. The quantitative estimate of drug-likeness (QED) is 0.566. The molecular formula is C12H19Br2NOSi. The Morgan fingerprint density at radius 3 is 2.12 bits per heavy atom. The van der Waals surface area contributed by atoms with E-state index in [1.54, 1.807) is 0 Å². The molecule has 0 atom stereocenters. The van der Waals surface area contributed by atoms with Crippen molar-refractivity contribution in [2.75, 3.05) is 5.73 Å². The topological polar surface area (TPSA) is 35.2 Å². The fourth-order valence-electron chi connectivity index (χ4n) is 1.10. The van der Waals surface area contributed by atoms with Crippen LogP contribution in [0, 0.1) is 0 Å². The Balaban J connectivity index is 3.13. The van der Waals surface area contributed by atoms with Crippen LogP contribution in [-0.2, 0) is 0 Å². The van der Waals surface area contributed by atoms with Crippen LogP contribution in [0.15, 0.2) is 21.1 Å². The maximum Gasteiger partial charge on any atom is 0.250 e. The van der Waals surface area contributed by atoms with Gasteiger partial charge in [-0.2, -0.15) is 0 Å². The number of hydrogen-bond acceptors (Lipinski definition) is 2. The monoisotopic (exact) mass is 379 g/mol. The summed E-state index contributed by atoms with van der Waals surface area (Å²) in [6, 6.07) is 3.83. The molecule has 0 saturated carbocycles. The van der Waals surface area contributed by atoms with E-state index in [0.29, 0.717) is 5.69 Å². The summed E-state index contributed by atoms with van der Waals surface area (Å²) in [7, 11) is -1.85. The zero-order valence-electron chi connectivity index (χ0n) is 10.9. The lowest BCUT2D eigenvalue weighted by atomic mass is 10.2. The molecule has 1 aromatic rings. The molecule has 0 aromatic heterocycles. The van der Waals surface area contributed by atoms with E-state index in [1.165, 1.54) is 0 Å². The average Bonchev–Trinajstić information content (AvgIpc) is 2.09. The molecule has 5 heteroatoms. The molecule has 1 rings (SSSR count). The normalized spacial score (nSPS) is 12.6. The van der Waals surface area contributed by atoms with Gasteiger partial charge in [-0.3, -0.25) is 0 Å². The second kappa shape index (κ2) is 4.94. The van der Waals surface area contributed by atoms with Crippen LogP contribution in [0.25, 0.3) is 0 Å². The largest absolute Gasteiger partial charge is 0.541 e. The number of nitrogen functional groups attached to an aromatic ring is 1. The van der Waals surface area contributed by atoms with Crippen molar-refractivity contribution in [2.24, 2.45) is 0 Å². The van der Waals surface area contributed by atoms with Crippen LogP contribution in [0.2, 0.25) is 18.1 Å². The van der Waals surface area contributed by atoms with Crippen LogP contribution < -0.4 is 10.2 Å². The van der Waals surface area contributed by atoms with E-state index < -0.39 is 8.32 Å². The third-order valence-electron chi connectivity index (χ3n) is 3.20. The smallest absolute Gasteiger partial charge is 0.250 e. The summed E-state index contributed by atoms with van der Waals surface area (Å²) < 4.78 is 8.07. The van der Waals surface area contributed by atoms with Gasteiger partial charge in [0.05, 0.1) is 10.2 Å². The highest BCUT2D eigenvalue weighted by Crippen LogP contribution is 2.42. The van der Waals surface area contributed by atoms with Gasteiger partial charge in [-0.15, -0.1) is 0 Å². The summed E-state index contributed by atoms with van der Waals surface area (Å²) in [5, 5.41) is 0.159.